The van der Waals surface area contributed by atoms with Gasteiger partial charge in [0.05, 0.1) is 16.9 Å². The van der Waals surface area contributed by atoms with Crippen LogP contribution >= 0.6 is 22.6 Å². The number of nitrogens with zero attached hydrogens (tertiary/aromatic N) is 3. The maximum atomic E-state index is 12.4. The average Bonchev–Trinajstić information content (AvgIpc) is 3.07. The van der Waals surface area contributed by atoms with Gasteiger partial charge in [-0.1, -0.05) is 12.1 Å². The first-order valence-corrected chi connectivity index (χ1v) is 8.75. The van der Waals surface area contributed by atoms with Crippen LogP contribution in [0.25, 0.3) is 0 Å². The molecule has 1 aliphatic rings. The molecule has 0 spiro atoms. The molecule has 1 aromatic heterocycles. The molecule has 0 aliphatic carbocycles. The molecule has 2 heterocycles. The molecule has 0 unspecified atom stereocenters. The van der Waals surface area contributed by atoms with Gasteiger partial charge >= 0.3 is 0 Å². The van der Waals surface area contributed by atoms with E-state index in [0.717, 1.165) is 21.4 Å². The molecular weight excluding hydrogens is 405 g/mol. The quantitative estimate of drug-likeness (QED) is 0.693. The molecule has 3 rings (SSSR count). The number of amides is 1. The van der Waals surface area contributed by atoms with Crippen molar-refractivity contribution in [1.29, 1.82) is 0 Å². The zero-order valence-corrected chi connectivity index (χ0v) is 15.4. The molecule has 1 aromatic carbocycles. The molecule has 1 aliphatic heterocycles. The number of carbonyl (C=O) groups is 1. The van der Waals surface area contributed by atoms with Crippen molar-refractivity contribution in [3.63, 3.8) is 0 Å². The highest BCUT2D eigenvalue weighted by molar-refractivity contribution is 14.1. The van der Waals surface area contributed by atoms with Gasteiger partial charge in [0, 0.05) is 37.7 Å². The largest absolute Gasteiger partial charge is 0.497 e. The third-order valence-corrected chi connectivity index (χ3v) is 5.02. The third-order valence-electron chi connectivity index (χ3n) is 4.47. The minimum absolute atomic E-state index is 0.214. The Hall–Kier alpha value is -1.57. The molecule has 6 heteroatoms. The average molecular weight is 425 g/mol. The first-order chi connectivity index (χ1) is 11.1. The van der Waals surface area contributed by atoms with Gasteiger partial charge < -0.3 is 9.64 Å². The Morgan fingerprint density at radius 1 is 1.35 bits per heavy atom. The monoisotopic (exact) mass is 425 g/mol. The van der Waals surface area contributed by atoms with E-state index in [2.05, 4.69) is 34.6 Å². The lowest BCUT2D eigenvalue weighted by atomic mass is 10.0. The molecule has 2 aromatic rings. The molecule has 0 bridgehead atoms. The summed E-state index contributed by atoms with van der Waals surface area (Å²) in [6.45, 7) is 3.57. The van der Waals surface area contributed by atoms with E-state index >= 15 is 0 Å². The fourth-order valence-electron chi connectivity index (χ4n) is 3.05. The summed E-state index contributed by atoms with van der Waals surface area (Å²) < 4.78 is 8.23. The number of hydrogen-bond donors (Lipinski definition) is 0. The summed E-state index contributed by atoms with van der Waals surface area (Å²) in [6.07, 6.45) is 4.45. The Balaban J connectivity index is 1.66. The minimum atomic E-state index is 0.214. The molecule has 1 fully saturated rings. The predicted molar refractivity (Wildman–Crippen MR) is 96.1 cm³/mol. The van der Waals surface area contributed by atoms with Gasteiger partial charge in [-0.25, -0.2) is 0 Å². The highest BCUT2D eigenvalue weighted by Crippen LogP contribution is 2.28. The second kappa shape index (κ2) is 6.90. The van der Waals surface area contributed by atoms with Gasteiger partial charge in [0.2, 0.25) is 5.91 Å². The summed E-state index contributed by atoms with van der Waals surface area (Å²) in [5, 5.41) is 4.33. The van der Waals surface area contributed by atoms with Crippen LogP contribution in [-0.2, 0) is 17.9 Å². The number of likely N-dealkylation sites (tertiary alicyclic amines) is 1. The Labute approximate surface area is 149 Å². The number of rotatable bonds is 5. The smallest absolute Gasteiger partial charge is 0.223 e. The van der Waals surface area contributed by atoms with Crippen LogP contribution in [0.1, 0.15) is 18.9 Å². The first-order valence-electron chi connectivity index (χ1n) is 7.67. The molecule has 122 valence electrons. The summed E-state index contributed by atoms with van der Waals surface area (Å²) in [5.41, 5.74) is 1.13. The second-order valence-corrected chi connectivity index (χ2v) is 7.20. The lowest BCUT2D eigenvalue weighted by Gasteiger charge is -2.25. The van der Waals surface area contributed by atoms with E-state index in [1.165, 1.54) is 0 Å². The molecule has 1 amide bonds. The van der Waals surface area contributed by atoms with E-state index < -0.39 is 0 Å². The van der Waals surface area contributed by atoms with E-state index in [9.17, 15) is 4.79 Å². The van der Waals surface area contributed by atoms with Gasteiger partial charge in [0.15, 0.2) is 0 Å². The van der Waals surface area contributed by atoms with Crippen molar-refractivity contribution < 1.29 is 9.53 Å². The predicted octanol–water partition coefficient (Wildman–Crippen LogP) is 2.93. The van der Waals surface area contributed by atoms with Crippen LogP contribution < -0.4 is 4.74 Å². The van der Waals surface area contributed by atoms with Crippen LogP contribution in [0.4, 0.5) is 0 Å². The third kappa shape index (κ3) is 3.68. The molecule has 0 radical (unpaired) electrons. The highest BCUT2D eigenvalue weighted by Gasteiger charge is 2.36. The summed E-state index contributed by atoms with van der Waals surface area (Å²) in [6, 6.07) is 8.11. The Morgan fingerprint density at radius 3 is 2.70 bits per heavy atom. The number of aromatic nitrogens is 2. The van der Waals surface area contributed by atoms with E-state index in [0.29, 0.717) is 18.9 Å². The van der Waals surface area contributed by atoms with Crippen molar-refractivity contribution in [2.24, 2.45) is 5.92 Å². The molecule has 0 saturated carbocycles. The zero-order chi connectivity index (χ0) is 16.4. The van der Waals surface area contributed by atoms with Crippen molar-refractivity contribution in [3.05, 3.63) is 45.8 Å². The number of carbonyl (C=O) groups excluding carboxylic acids is 1. The van der Waals surface area contributed by atoms with Gasteiger partial charge in [-0.3, -0.25) is 9.48 Å². The van der Waals surface area contributed by atoms with Gasteiger partial charge in [-0.05, 0) is 47.2 Å². The van der Waals surface area contributed by atoms with E-state index in [1.54, 1.807) is 7.11 Å². The van der Waals surface area contributed by atoms with E-state index in [-0.39, 0.29) is 11.9 Å². The standard InChI is InChI=1S/C17H20IN3O2/c1-12-14(10-20-11-15(18)8-19-20)7-17(22)21(12)9-13-3-5-16(23-2)6-4-13/h3-6,8,11-12,14H,7,9-10H2,1-2H3/t12-,14-/m0/s1. The summed E-state index contributed by atoms with van der Waals surface area (Å²) >= 11 is 2.25. The molecule has 1 saturated heterocycles. The first kappa shape index (κ1) is 16.3. The van der Waals surface area contributed by atoms with Crippen LogP contribution in [0.5, 0.6) is 5.75 Å². The molecule has 5 nitrogen and oxygen atoms in total. The Kier molecular flexibility index (Phi) is 4.89. The number of hydrogen-bond acceptors (Lipinski definition) is 3. The summed E-state index contributed by atoms with van der Waals surface area (Å²) in [7, 11) is 1.65. The van der Waals surface area contributed by atoms with Crippen molar-refractivity contribution in [3.8, 4) is 5.75 Å². The van der Waals surface area contributed by atoms with Crippen molar-refractivity contribution >= 4 is 28.5 Å². The molecule has 23 heavy (non-hydrogen) atoms. The van der Waals surface area contributed by atoms with E-state index in [1.807, 2.05) is 46.2 Å². The van der Waals surface area contributed by atoms with Crippen LogP contribution in [0.3, 0.4) is 0 Å². The fraction of sp³-hybridized carbons (Fsp3) is 0.412. The SMILES string of the molecule is COc1ccc(CN2C(=O)C[C@@H](Cn3cc(I)cn3)[C@@H]2C)cc1. The van der Waals surface area contributed by atoms with Crippen LogP contribution in [0.2, 0.25) is 0 Å². The summed E-state index contributed by atoms with van der Waals surface area (Å²) in [5.74, 6) is 1.36. The summed E-state index contributed by atoms with van der Waals surface area (Å²) in [4.78, 5) is 14.4. The maximum absolute atomic E-state index is 12.4. The van der Waals surface area contributed by atoms with Gasteiger partial charge in [-0.2, -0.15) is 5.10 Å². The topological polar surface area (TPSA) is 47.4 Å². The minimum Gasteiger partial charge on any atom is -0.497 e. The van der Waals surface area contributed by atoms with E-state index in [4.69, 9.17) is 4.74 Å². The van der Waals surface area contributed by atoms with Crippen LogP contribution in [-0.4, -0.2) is 33.7 Å². The van der Waals surface area contributed by atoms with Crippen molar-refractivity contribution in [2.75, 3.05) is 7.11 Å². The van der Waals surface area contributed by atoms with Gasteiger partial charge in [0.1, 0.15) is 5.75 Å². The number of ether oxygens (including phenoxy) is 1. The maximum Gasteiger partial charge on any atom is 0.223 e. The highest BCUT2D eigenvalue weighted by atomic mass is 127. The Bertz CT molecular complexity index is 683. The number of halogens is 1. The lowest BCUT2D eigenvalue weighted by molar-refractivity contribution is -0.129. The molecule has 0 N–H and O–H groups in total. The zero-order valence-electron chi connectivity index (χ0n) is 13.3. The normalized spacial score (nSPS) is 21.0. The number of benzene rings is 1. The van der Waals surface area contributed by atoms with Gasteiger partial charge in [0.25, 0.3) is 0 Å². The number of methoxy groups -OCH3 is 1. The van der Waals surface area contributed by atoms with Gasteiger partial charge in [-0.15, -0.1) is 0 Å². The molecule has 2 atom stereocenters. The van der Waals surface area contributed by atoms with Crippen molar-refractivity contribution in [2.45, 2.75) is 32.5 Å². The molecular formula is C17H20IN3O2. The van der Waals surface area contributed by atoms with Crippen molar-refractivity contribution in [1.82, 2.24) is 14.7 Å². The fourth-order valence-corrected chi connectivity index (χ4v) is 3.50. The van der Waals surface area contributed by atoms with Crippen LogP contribution in [0.15, 0.2) is 36.7 Å². The Morgan fingerprint density at radius 2 is 2.09 bits per heavy atom. The lowest BCUT2D eigenvalue weighted by Crippen LogP contribution is -2.33. The second-order valence-electron chi connectivity index (χ2n) is 5.96. The van der Waals surface area contributed by atoms with Crippen LogP contribution in [0, 0.1) is 9.49 Å².